The molecular formula is C16H21N3O3S. The molecule has 1 amide bonds. The van der Waals surface area contributed by atoms with Gasteiger partial charge in [0.15, 0.2) is 9.84 Å². The highest BCUT2D eigenvalue weighted by molar-refractivity contribution is 7.92. The van der Waals surface area contributed by atoms with Crippen LogP contribution in [0.25, 0.3) is 11.0 Å². The molecule has 23 heavy (non-hydrogen) atoms. The summed E-state index contributed by atoms with van der Waals surface area (Å²) < 4.78 is 24.6. The number of rotatable bonds is 4. The van der Waals surface area contributed by atoms with Crippen LogP contribution in [-0.4, -0.2) is 35.4 Å². The Balaban J connectivity index is 1.85. The third kappa shape index (κ3) is 2.97. The highest BCUT2D eigenvalue weighted by Crippen LogP contribution is 2.26. The van der Waals surface area contributed by atoms with Gasteiger partial charge >= 0.3 is 0 Å². The molecule has 1 saturated heterocycles. The van der Waals surface area contributed by atoms with E-state index in [1.165, 1.54) is 0 Å². The molecule has 1 aliphatic rings. The lowest BCUT2D eigenvalue weighted by Gasteiger charge is -2.26. The Hall–Kier alpha value is -1.89. The van der Waals surface area contributed by atoms with Gasteiger partial charge < -0.3 is 9.88 Å². The van der Waals surface area contributed by atoms with Gasteiger partial charge in [0, 0.05) is 6.04 Å². The van der Waals surface area contributed by atoms with Crippen LogP contribution in [0.5, 0.6) is 0 Å². The molecule has 6 nitrogen and oxygen atoms in total. The number of para-hydroxylation sites is 2. The summed E-state index contributed by atoms with van der Waals surface area (Å²) in [6, 6.07) is 7.80. The number of nitrogens with one attached hydrogen (secondary N) is 1. The highest BCUT2D eigenvalue weighted by Gasteiger charge is 2.39. The number of fused-ring (bicyclic) bond motifs is 1. The summed E-state index contributed by atoms with van der Waals surface area (Å²) in [5, 5.41) is 2.91. The molecule has 3 rings (SSSR count). The van der Waals surface area contributed by atoms with E-state index in [4.69, 9.17) is 0 Å². The summed E-state index contributed by atoms with van der Waals surface area (Å²) in [6.07, 6.45) is 0. The molecule has 0 bridgehead atoms. The Morgan fingerprint density at radius 3 is 2.52 bits per heavy atom. The van der Waals surface area contributed by atoms with Crippen molar-refractivity contribution in [3.05, 3.63) is 30.1 Å². The number of nitrogens with zero attached hydrogens (tertiary/aromatic N) is 2. The fourth-order valence-electron chi connectivity index (χ4n) is 3.02. The van der Waals surface area contributed by atoms with Crippen molar-refractivity contribution in [2.75, 3.05) is 11.5 Å². The highest BCUT2D eigenvalue weighted by atomic mass is 32.2. The minimum atomic E-state index is -3.00. The van der Waals surface area contributed by atoms with Crippen LogP contribution in [0.15, 0.2) is 24.3 Å². The van der Waals surface area contributed by atoms with Gasteiger partial charge in [0.25, 0.3) is 0 Å². The molecule has 2 heterocycles. The molecule has 0 spiro atoms. The molecule has 2 aromatic rings. The molecular weight excluding hydrogens is 314 g/mol. The zero-order chi connectivity index (χ0) is 16.8. The Kier molecular flexibility index (Phi) is 3.91. The number of aromatic nitrogens is 2. The van der Waals surface area contributed by atoms with Crippen LogP contribution < -0.4 is 5.32 Å². The van der Waals surface area contributed by atoms with Gasteiger partial charge in [-0.05, 0) is 32.9 Å². The number of sulfone groups is 1. The minimum Gasteiger partial charge on any atom is -0.346 e. The van der Waals surface area contributed by atoms with Gasteiger partial charge in [0.05, 0.1) is 34.5 Å². The van der Waals surface area contributed by atoms with E-state index in [-0.39, 0.29) is 29.5 Å². The second-order valence-corrected chi connectivity index (χ2v) is 8.58. The predicted octanol–water partition coefficient (Wildman–Crippen LogP) is 1.84. The second kappa shape index (κ2) is 5.63. The van der Waals surface area contributed by atoms with Crippen molar-refractivity contribution in [3.8, 4) is 0 Å². The lowest BCUT2D eigenvalue weighted by Crippen LogP contribution is -2.47. The number of benzene rings is 1. The Morgan fingerprint density at radius 2 is 1.91 bits per heavy atom. The first kappa shape index (κ1) is 16.0. The van der Waals surface area contributed by atoms with Crippen LogP contribution in [0, 0.1) is 5.92 Å². The van der Waals surface area contributed by atoms with E-state index in [0.717, 1.165) is 16.9 Å². The van der Waals surface area contributed by atoms with E-state index in [1.54, 1.807) is 0 Å². The summed E-state index contributed by atoms with van der Waals surface area (Å²) in [5.41, 5.74) is 1.92. The van der Waals surface area contributed by atoms with E-state index in [9.17, 15) is 13.2 Å². The quantitative estimate of drug-likeness (QED) is 0.924. The molecule has 0 unspecified atom stereocenters. The zero-order valence-corrected chi connectivity index (χ0v) is 14.3. The lowest BCUT2D eigenvalue weighted by atomic mass is 10.1. The van der Waals surface area contributed by atoms with Crippen molar-refractivity contribution in [2.24, 2.45) is 5.92 Å². The molecule has 1 aromatic carbocycles. The van der Waals surface area contributed by atoms with Crippen LogP contribution in [0.4, 0.5) is 0 Å². The minimum absolute atomic E-state index is 0.0495. The summed E-state index contributed by atoms with van der Waals surface area (Å²) >= 11 is 0. The topological polar surface area (TPSA) is 81.1 Å². The standard InChI is InChI=1S/C16H21N3O3S/c1-10(2)19-14-7-5-4-6-13(14)18-15(19)11(3)17-16(20)12-8-23(21,22)9-12/h4-7,10-12H,8-9H2,1-3H3,(H,17,20)/t11-/m1/s1. The molecule has 0 saturated carbocycles. The lowest BCUT2D eigenvalue weighted by molar-refractivity contribution is -0.124. The van der Waals surface area contributed by atoms with Crippen LogP contribution in [0.1, 0.15) is 38.7 Å². The fourth-order valence-corrected chi connectivity index (χ4v) is 4.45. The Morgan fingerprint density at radius 1 is 1.26 bits per heavy atom. The predicted molar refractivity (Wildman–Crippen MR) is 88.8 cm³/mol. The third-order valence-corrected chi connectivity index (χ3v) is 5.99. The van der Waals surface area contributed by atoms with Crippen LogP contribution in [0.2, 0.25) is 0 Å². The van der Waals surface area contributed by atoms with Crippen molar-refractivity contribution in [3.63, 3.8) is 0 Å². The van der Waals surface area contributed by atoms with E-state index < -0.39 is 15.8 Å². The van der Waals surface area contributed by atoms with Gasteiger partial charge in [-0.3, -0.25) is 4.79 Å². The molecule has 7 heteroatoms. The molecule has 1 atom stereocenters. The van der Waals surface area contributed by atoms with E-state index in [2.05, 4.69) is 28.7 Å². The summed E-state index contributed by atoms with van der Waals surface area (Å²) in [7, 11) is -3.00. The van der Waals surface area contributed by atoms with Crippen molar-refractivity contribution >= 4 is 26.8 Å². The summed E-state index contributed by atoms with van der Waals surface area (Å²) in [5.74, 6) is 0.0453. The number of carbonyl (C=O) groups is 1. The third-order valence-electron chi connectivity index (χ3n) is 4.17. The first-order valence-electron chi connectivity index (χ1n) is 7.76. The molecule has 0 aliphatic carbocycles. The number of hydrogen-bond acceptors (Lipinski definition) is 4. The summed E-state index contributed by atoms with van der Waals surface area (Å²) in [4.78, 5) is 16.8. The number of carbonyl (C=O) groups excluding carboxylic acids is 1. The van der Waals surface area contributed by atoms with Crippen LogP contribution in [0.3, 0.4) is 0 Å². The number of amides is 1. The van der Waals surface area contributed by atoms with Crippen LogP contribution >= 0.6 is 0 Å². The first-order valence-corrected chi connectivity index (χ1v) is 9.58. The van der Waals surface area contributed by atoms with Crippen molar-refractivity contribution in [1.82, 2.24) is 14.9 Å². The van der Waals surface area contributed by atoms with Crippen molar-refractivity contribution < 1.29 is 13.2 Å². The average Bonchev–Trinajstić information content (AvgIpc) is 2.84. The van der Waals surface area contributed by atoms with Gasteiger partial charge in [-0.2, -0.15) is 0 Å². The van der Waals surface area contributed by atoms with Gasteiger partial charge in [-0.25, -0.2) is 13.4 Å². The SMILES string of the molecule is CC(C)n1c([C@@H](C)NC(=O)C2CS(=O)(=O)C2)nc2ccccc21. The smallest absolute Gasteiger partial charge is 0.225 e. The Bertz CT molecular complexity index is 843. The maximum Gasteiger partial charge on any atom is 0.225 e. The molecule has 1 aliphatic heterocycles. The molecule has 1 aromatic heterocycles. The largest absolute Gasteiger partial charge is 0.346 e. The maximum atomic E-state index is 12.2. The summed E-state index contributed by atoms with van der Waals surface area (Å²) in [6.45, 7) is 6.03. The van der Waals surface area contributed by atoms with Gasteiger partial charge in [-0.15, -0.1) is 0 Å². The van der Waals surface area contributed by atoms with Gasteiger partial charge in [0.2, 0.25) is 5.91 Å². The van der Waals surface area contributed by atoms with Crippen LogP contribution in [-0.2, 0) is 14.6 Å². The van der Waals surface area contributed by atoms with E-state index in [0.29, 0.717) is 0 Å². The molecule has 124 valence electrons. The molecule has 1 fully saturated rings. The molecule has 0 radical (unpaired) electrons. The zero-order valence-electron chi connectivity index (χ0n) is 13.5. The van der Waals surface area contributed by atoms with E-state index in [1.807, 2.05) is 31.2 Å². The number of imidazole rings is 1. The Labute approximate surface area is 135 Å². The first-order chi connectivity index (χ1) is 10.8. The normalized spacial score (nSPS) is 18.8. The maximum absolute atomic E-state index is 12.2. The second-order valence-electron chi connectivity index (χ2n) is 6.43. The van der Waals surface area contributed by atoms with E-state index >= 15 is 0 Å². The van der Waals surface area contributed by atoms with Crippen molar-refractivity contribution in [2.45, 2.75) is 32.9 Å². The number of hydrogen-bond donors (Lipinski definition) is 1. The fraction of sp³-hybridized carbons (Fsp3) is 0.500. The van der Waals surface area contributed by atoms with Crippen molar-refractivity contribution in [1.29, 1.82) is 0 Å². The monoisotopic (exact) mass is 335 g/mol. The van der Waals surface area contributed by atoms with Gasteiger partial charge in [0.1, 0.15) is 5.82 Å². The molecule has 1 N–H and O–H groups in total. The van der Waals surface area contributed by atoms with Gasteiger partial charge in [-0.1, -0.05) is 12.1 Å². The average molecular weight is 335 g/mol.